The van der Waals surface area contributed by atoms with Gasteiger partial charge in [-0.2, -0.15) is 18.2 Å². The predicted octanol–water partition coefficient (Wildman–Crippen LogP) is 4.00. The number of benzene rings is 2. The maximum absolute atomic E-state index is 12.2. The number of rotatable bonds is 2. The summed E-state index contributed by atoms with van der Waals surface area (Å²) in [5.74, 6) is -2.25. The normalized spacial score (nSPS) is 11.6. The molecule has 112 valence electrons. The highest BCUT2D eigenvalue weighted by molar-refractivity contribution is 5.96. The van der Waals surface area contributed by atoms with Gasteiger partial charge in [-0.15, -0.1) is 0 Å². The summed E-state index contributed by atoms with van der Waals surface area (Å²) in [6, 6.07) is 12.9. The van der Waals surface area contributed by atoms with Crippen LogP contribution in [0.4, 0.5) is 19.0 Å². The Morgan fingerprint density at radius 1 is 1.09 bits per heavy atom. The second-order valence-corrected chi connectivity index (χ2v) is 4.52. The number of halogens is 3. The standard InChI is InChI=1S/C15H9F3N2O2/c16-15(17,18)14(21)20-12-8-22-13(19-12)11-7-3-5-9-4-1-2-6-10(9)11/h1-8H,(H,20,21). The molecule has 3 rings (SSSR count). The van der Waals surface area contributed by atoms with Crippen molar-refractivity contribution < 1.29 is 22.4 Å². The highest BCUT2D eigenvalue weighted by Gasteiger charge is 2.39. The zero-order chi connectivity index (χ0) is 15.7. The Bertz CT molecular complexity index is 835. The van der Waals surface area contributed by atoms with Gasteiger partial charge in [-0.25, -0.2) is 0 Å². The highest BCUT2D eigenvalue weighted by Crippen LogP contribution is 2.29. The van der Waals surface area contributed by atoms with E-state index < -0.39 is 12.1 Å². The van der Waals surface area contributed by atoms with Crippen LogP contribution in [0.25, 0.3) is 22.2 Å². The number of carbonyl (C=O) groups is 1. The number of fused-ring (bicyclic) bond motifs is 1. The number of oxazole rings is 1. The fourth-order valence-corrected chi connectivity index (χ4v) is 2.05. The quantitative estimate of drug-likeness (QED) is 0.778. The van der Waals surface area contributed by atoms with Crippen molar-refractivity contribution >= 4 is 22.5 Å². The predicted molar refractivity (Wildman–Crippen MR) is 74.1 cm³/mol. The molecule has 4 nitrogen and oxygen atoms in total. The van der Waals surface area contributed by atoms with Gasteiger partial charge in [0.05, 0.1) is 0 Å². The van der Waals surface area contributed by atoms with Gasteiger partial charge in [0.2, 0.25) is 5.89 Å². The summed E-state index contributed by atoms with van der Waals surface area (Å²) in [6.07, 6.45) is -4.00. The molecule has 0 saturated carbocycles. The zero-order valence-electron chi connectivity index (χ0n) is 11.0. The number of nitrogens with zero attached hydrogens (tertiary/aromatic N) is 1. The second kappa shape index (κ2) is 5.18. The Labute approximate surface area is 122 Å². The van der Waals surface area contributed by atoms with Crippen molar-refractivity contribution in [2.45, 2.75) is 6.18 Å². The minimum atomic E-state index is -4.97. The van der Waals surface area contributed by atoms with E-state index in [0.29, 0.717) is 5.56 Å². The maximum Gasteiger partial charge on any atom is 0.471 e. The van der Waals surface area contributed by atoms with Crippen LogP contribution in [0.5, 0.6) is 0 Å². The van der Waals surface area contributed by atoms with Gasteiger partial charge >= 0.3 is 12.1 Å². The van der Waals surface area contributed by atoms with Crippen molar-refractivity contribution in [2.75, 3.05) is 5.32 Å². The van der Waals surface area contributed by atoms with Gasteiger partial charge in [0, 0.05) is 5.56 Å². The molecule has 22 heavy (non-hydrogen) atoms. The summed E-state index contributed by atoms with van der Waals surface area (Å²) in [7, 11) is 0. The van der Waals surface area contributed by atoms with E-state index in [0.717, 1.165) is 17.0 Å². The van der Waals surface area contributed by atoms with Crippen molar-refractivity contribution in [1.82, 2.24) is 4.98 Å². The van der Waals surface area contributed by atoms with Crippen molar-refractivity contribution in [3.8, 4) is 11.5 Å². The fourth-order valence-electron chi connectivity index (χ4n) is 2.05. The summed E-state index contributed by atoms with van der Waals surface area (Å²) in [5.41, 5.74) is 0.630. The number of aromatic nitrogens is 1. The van der Waals surface area contributed by atoms with Crippen molar-refractivity contribution in [1.29, 1.82) is 0 Å². The Balaban J connectivity index is 1.95. The lowest BCUT2D eigenvalue weighted by Crippen LogP contribution is -2.30. The van der Waals surface area contributed by atoms with E-state index in [4.69, 9.17) is 4.42 Å². The minimum absolute atomic E-state index is 0.134. The third-order valence-electron chi connectivity index (χ3n) is 3.02. The lowest BCUT2D eigenvalue weighted by Gasteiger charge is -2.04. The number of alkyl halides is 3. The molecule has 0 atom stereocenters. The lowest BCUT2D eigenvalue weighted by molar-refractivity contribution is -0.167. The lowest BCUT2D eigenvalue weighted by atomic mass is 10.0. The molecule has 1 N–H and O–H groups in total. The Morgan fingerprint density at radius 2 is 1.82 bits per heavy atom. The monoisotopic (exact) mass is 306 g/mol. The number of hydrogen-bond donors (Lipinski definition) is 1. The molecule has 0 fully saturated rings. The largest absolute Gasteiger partial charge is 0.471 e. The van der Waals surface area contributed by atoms with Crippen molar-refractivity contribution in [2.24, 2.45) is 0 Å². The van der Waals surface area contributed by atoms with Gasteiger partial charge in [0.15, 0.2) is 5.82 Å². The molecule has 0 spiro atoms. The van der Waals surface area contributed by atoms with Crippen LogP contribution in [0, 0.1) is 0 Å². The Hall–Kier alpha value is -2.83. The van der Waals surface area contributed by atoms with Gasteiger partial charge in [0.1, 0.15) is 6.26 Å². The fraction of sp³-hybridized carbons (Fsp3) is 0.0667. The summed E-state index contributed by atoms with van der Waals surface area (Å²) in [6.45, 7) is 0. The molecule has 0 aliphatic rings. The van der Waals surface area contributed by atoms with Gasteiger partial charge < -0.3 is 9.73 Å². The molecule has 0 unspecified atom stereocenters. The first kappa shape index (κ1) is 14.1. The minimum Gasteiger partial charge on any atom is -0.442 e. The van der Waals surface area contributed by atoms with Crippen LogP contribution >= 0.6 is 0 Å². The van der Waals surface area contributed by atoms with Crippen LogP contribution in [-0.2, 0) is 4.79 Å². The first-order chi connectivity index (χ1) is 10.4. The van der Waals surface area contributed by atoms with Crippen LogP contribution in [-0.4, -0.2) is 17.1 Å². The molecule has 2 aromatic carbocycles. The molecule has 0 aliphatic heterocycles. The summed E-state index contributed by atoms with van der Waals surface area (Å²) in [4.78, 5) is 14.8. The van der Waals surface area contributed by atoms with E-state index in [1.54, 1.807) is 17.4 Å². The first-order valence-electron chi connectivity index (χ1n) is 6.27. The van der Waals surface area contributed by atoms with Crippen molar-refractivity contribution in [3.63, 3.8) is 0 Å². The number of nitrogens with one attached hydrogen (secondary N) is 1. The van der Waals surface area contributed by atoms with E-state index in [1.807, 2.05) is 30.3 Å². The molecule has 1 aromatic heterocycles. The van der Waals surface area contributed by atoms with Crippen LogP contribution in [0.3, 0.4) is 0 Å². The molecular weight excluding hydrogens is 297 g/mol. The first-order valence-corrected chi connectivity index (χ1v) is 6.27. The zero-order valence-corrected chi connectivity index (χ0v) is 11.0. The Morgan fingerprint density at radius 3 is 2.59 bits per heavy atom. The summed E-state index contributed by atoms with van der Waals surface area (Å²) < 4.78 is 41.8. The highest BCUT2D eigenvalue weighted by atomic mass is 19.4. The SMILES string of the molecule is O=C(Nc1coc(-c2cccc3ccccc23)n1)C(F)(F)F. The molecule has 3 aromatic rings. The Kier molecular flexibility index (Phi) is 3.32. The van der Waals surface area contributed by atoms with Gasteiger partial charge in [-0.05, 0) is 16.8 Å². The van der Waals surface area contributed by atoms with E-state index in [2.05, 4.69) is 4.98 Å². The molecular formula is C15H9F3N2O2. The number of hydrogen-bond acceptors (Lipinski definition) is 3. The number of carbonyl (C=O) groups excluding carboxylic acids is 1. The molecule has 0 saturated heterocycles. The molecule has 0 bridgehead atoms. The average Bonchev–Trinajstić information content (AvgIpc) is 2.94. The van der Waals surface area contributed by atoms with Gasteiger partial charge in [-0.3, -0.25) is 4.79 Å². The van der Waals surface area contributed by atoms with E-state index >= 15 is 0 Å². The van der Waals surface area contributed by atoms with Crippen LogP contribution in [0.15, 0.2) is 53.1 Å². The average molecular weight is 306 g/mol. The van der Waals surface area contributed by atoms with E-state index in [1.165, 1.54) is 0 Å². The number of anilines is 1. The van der Waals surface area contributed by atoms with Crippen LogP contribution < -0.4 is 5.32 Å². The maximum atomic E-state index is 12.2. The van der Waals surface area contributed by atoms with Crippen LogP contribution in [0.2, 0.25) is 0 Å². The van der Waals surface area contributed by atoms with E-state index in [-0.39, 0.29) is 11.7 Å². The van der Waals surface area contributed by atoms with Gasteiger partial charge in [-0.1, -0.05) is 36.4 Å². The summed E-state index contributed by atoms with van der Waals surface area (Å²) >= 11 is 0. The second-order valence-electron chi connectivity index (χ2n) is 4.52. The summed E-state index contributed by atoms with van der Waals surface area (Å²) in [5, 5.41) is 3.44. The molecule has 1 heterocycles. The molecule has 0 radical (unpaired) electrons. The molecule has 7 heteroatoms. The van der Waals surface area contributed by atoms with Crippen molar-refractivity contribution in [3.05, 3.63) is 48.7 Å². The third-order valence-corrected chi connectivity index (χ3v) is 3.02. The third kappa shape index (κ3) is 2.65. The number of amides is 1. The topological polar surface area (TPSA) is 55.1 Å². The van der Waals surface area contributed by atoms with Gasteiger partial charge in [0.25, 0.3) is 0 Å². The molecule has 0 aliphatic carbocycles. The van der Waals surface area contributed by atoms with E-state index in [9.17, 15) is 18.0 Å². The van der Waals surface area contributed by atoms with Crippen LogP contribution in [0.1, 0.15) is 0 Å². The molecule has 1 amide bonds. The smallest absolute Gasteiger partial charge is 0.442 e.